The Kier molecular flexibility index (Phi) is 2.80. The van der Waals surface area contributed by atoms with Crippen molar-refractivity contribution in [1.82, 2.24) is 0 Å². The highest BCUT2D eigenvalue weighted by atomic mass is 32.2. The third-order valence-electron chi connectivity index (χ3n) is 3.10. The van der Waals surface area contributed by atoms with Crippen molar-refractivity contribution in [2.24, 2.45) is 0 Å². The molecule has 1 nitrogen and oxygen atoms in total. The van der Waals surface area contributed by atoms with Crippen LogP contribution in [-0.2, 0) is 0 Å². The molecule has 18 heavy (non-hydrogen) atoms. The van der Waals surface area contributed by atoms with Gasteiger partial charge >= 0.3 is 0 Å². The average molecular weight is 252 g/mol. The second-order valence-corrected chi connectivity index (χ2v) is 5.30. The van der Waals surface area contributed by atoms with Gasteiger partial charge in [-0.2, -0.15) is 0 Å². The zero-order valence-electron chi connectivity index (χ0n) is 10.0. The van der Waals surface area contributed by atoms with Gasteiger partial charge in [-0.25, -0.2) is 0 Å². The molecule has 88 valence electrons. The van der Waals surface area contributed by atoms with Crippen LogP contribution in [0.3, 0.4) is 0 Å². The molecule has 0 bridgehead atoms. The molecule has 2 heteroatoms. The highest BCUT2D eigenvalue weighted by Gasteiger charge is 2.27. The summed E-state index contributed by atoms with van der Waals surface area (Å²) in [5.41, 5.74) is 3.00. The number of allylic oxidation sites excluding steroid dienone is 2. The zero-order valence-corrected chi connectivity index (χ0v) is 10.8. The van der Waals surface area contributed by atoms with Crippen molar-refractivity contribution in [3.63, 3.8) is 0 Å². The molecular formula is C16H12OS. The summed E-state index contributed by atoms with van der Waals surface area (Å²) < 4.78 is 0. The van der Waals surface area contributed by atoms with E-state index in [9.17, 15) is 4.79 Å². The normalized spacial score (nSPS) is 16.6. The Balaban J connectivity index is 2.09. The molecule has 3 rings (SSSR count). The number of rotatable bonds is 1. The summed E-state index contributed by atoms with van der Waals surface area (Å²) in [5, 5.41) is 0. The van der Waals surface area contributed by atoms with Gasteiger partial charge in [-0.3, -0.25) is 4.79 Å². The van der Waals surface area contributed by atoms with E-state index < -0.39 is 0 Å². The van der Waals surface area contributed by atoms with Crippen molar-refractivity contribution in [3.8, 4) is 0 Å². The lowest BCUT2D eigenvalue weighted by atomic mass is 10.0. The first kappa shape index (κ1) is 11.3. The third-order valence-corrected chi connectivity index (χ3v) is 4.37. The van der Waals surface area contributed by atoms with Crippen molar-refractivity contribution >= 4 is 23.1 Å². The first-order chi connectivity index (χ1) is 8.77. The lowest BCUT2D eigenvalue weighted by Crippen LogP contribution is -1.96. The fourth-order valence-corrected chi connectivity index (χ4v) is 3.20. The number of fused-ring (bicyclic) bond motifs is 1. The molecule has 0 aliphatic carbocycles. The van der Waals surface area contributed by atoms with Gasteiger partial charge in [0.1, 0.15) is 0 Å². The maximum absolute atomic E-state index is 12.3. The predicted molar refractivity (Wildman–Crippen MR) is 75.7 cm³/mol. The largest absolute Gasteiger partial charge is 0.288 e. The molecule has 1 heterocycles. The van der Waals surface area contributed by atoms with E-state index in [1.165, 1.54) is 0 Å². The minimum absolute atomic E-state index is 0.150. The van der Waals surface area contributed by atoms with Crippen molar-refractivity contribution in [1.29, 1.82) is 0 Å². The Morgan fingerprint density at radius 3 is 2.33 bits per heavy atom. The van der Waals surface area contributed by atoms with Gasteiger partial charge in [0.25, 0.3) is 0 Å². The molecule has 0 saturated carbocycles. The first-order valence-corrected chi connectivity index (χ1v) is 6.67. The van der Waals surface area contributed by atoms with E-state index >= 15 is 0 Å². The molecule has 2 aromatic rings. The van der Waals surface area contributed by atoms with E-state index in [0.717, 1.165) is 26.5 Å². The second-order valence-electron chi connectivity index (χ2n) is 4.25. The standard InChI is InChI=1S/C16H12OS/c1-11(12-7-3-2-4-8-12)16-15(17)13-9-5-6-10-14(13)18-16/h2-10H,1H3/b16-11+. The minimum Gasteiger partial charge on any atom is -0.288 e. The average Bonchev–Trinajstić information content (AvgIpc) is 2.77. The van der Waals surface area contributed by atoms with E-state index in [1.54, 1.807) is 11.8 Å². The third kappa shape index (κ3) is 1.79. The topological polar surface area (TPSA) is 17.1 Å². The van der Waals surface area contributed by atoms with Gasteiger partial charge in [0.15, 0.2) is 0 Å². The molecule has 0 aromatic heterocycles. The molecule has 1 aliphatic rings. The quantitative estimate of drug-likeness (QED) is 0.699. The Labute approximate surface area is 111 Å². The van der Waals surface area contributed by atoms with Crippen molar-refractivity contribution in [3.05, 3.63) is 70.6 Å². The Morgan fingerprint density at radius 1 is 0.944 bits per heavy atom. The molecule has 0 atom stereocenters. The summed E-state index contributed by atoms with van der Waals surface area (Å²) in [4.78, 5) is 14.2. The van der Waals surface area contributed by atoms with Gasteiger partial charge in [0.05, 0.1) is 4.91 Å². The summed E-state index contributed by atoms with van der Waals surface area (Å²) in [7, 11) is 0. The van der Waals surface area contributed by atoms with Crippen LogP contribution in [0.25, 0.3) is 5.57 Å². The van der Waals surface area contributed by atoms with Crippen LogP contribution in [0.5, 0.6) is 0 Å². The molecule has 2 aromatic carbocycles. The van der Waals surface area contributed by atoms with Crippen molar-refractivity contribution in [2.45, 2.75) is 11.8 Å². The first-order valence-electron chi connectivity index (χ1n) is 5.85. The van der Waals surface area contributed by atoms with Crippen LogP contribution in [0.2, 0.25) is 0 Å². The Bertz CT molecular complexity index is 641. The summed E-state index contributed by atoms with van der Waals surface area (Å²) in [5.74, 6) is 0.150. The summed E-state index contributed by atoms with van der Waals surface area (Å²) >= 11 is 1.58. The van der Waals surface area contributed by atoms with E-state index in [4.69, 9.17) is 0 Å². The van der Waals surface area contributed by atoms with Gasteiger partial charge in [0, 0.05) is 10.5 Å². The Hall–Kier alpha value is -1.80. The summed E-state index contributed by atoms with van der Waals surface area (Å²) in [6, 6.07) is 17.8. The maximum Gasteiger partial charge on any atom is 0.201 e. The van der Waals surface area contributed by atoms with Crippen molar-refractivity contribution in [2.75, 3.05) is 0 Å². The Morgan fingerprint density at radius 2 is 1.61 bits per heavy atom. The van der Waals surface area contributed by atoms with E-state index in [2.05, 4.69) is 0 Å². The number of carbonyl (C=O) groups excluding carboxylic acids is 1. The van der Waals surface area contributed by atoms with Gasteiger partial charge in [0.2, 0.25) is 5.78 Å². The number of benzene rings is 2. The summed E-state index contributed by atoms with van der Waals surface area (Å²) in [6.07, 6.45) is 0. The van der Waals surface area contributed by atoms with Gasteiger partial charge < -0.3 is 0 Å². The predicted octanol–water partition coefficient (Wildman–Crippen LogP) is 4.41. The molecule has 0 N–H and O–H groups in total. The number of thioether (sulfide) groups is 1. The van der Waals surface area contributed by atoms with E-state index in [1.807, 2.05) is 61.5 Å². The fourth-order valence-electron chi connectivity index (χ4n) is 2.09. The number of hydrogen-bond donors (Lipinski definition) is 0. The minimum atomic E-state index is 0.150. The van der Waals surface area contributed by atoms with Gasteiger partial charge in [-0.05, 0) is 30.2 Å². The monoisotopic (exact) mass is 252 g/mol. The number of Topliss-reactive ketones (excluding diaryl/α,β-unsaturated/α-hetero) is 1. The molecule has 0 spiro atoms. The van der Waals surface area contributed by atoms with Crippen LogP contribution in [0.4, 0.5) is 0 Å². The lowest BCUT2D eigenvalue weighted by molar-refractivity contribution is 0.104. The molecule has 0 saturated heterocycles. The second kappa shape index (κ2) is 4.46. The molecule has 0 unspecified atom stereocenters. The lowest BCUT2D eigenvalue weighted by Gasteiger charge is -2.04. The maximum atomic E-state index is 12.3. The summed E-state index contributed by atoms with van der Waals surface area (Å²) in [6.45, 7) is 2.02. The smallest absolute Gasteiger partial charge is 0.201 e. The molecule has 0 fully saturated rings. The highest BCUT2D eigenvalue weighted by molar-refractivity contribution is 8.05. The fraction of sp³-hybridized carbons (Fsp3) is 0.0625. The van der Waals surface area contributed by atoms with Crippen LogP contribution in [-0.4, -0.2) is 5.78 Å². The van der Waals surface area contributed by atoms with E-state index in [0.29, 0.717) is 0 Å². The number of hydrogen-bond acceptors (Lipinski definition) is 2. The van der Waals surface area contributed by atoms with Crippen LogP contribution < -0.4 is 0 Å². The molecule has 0 amide bonds. The van der Waals surface area contributed by atoms with Crippen LogP contribution >= 0.6 is 11.8 Å². The highest BCUT2D eigenvalue weighted by Crippen LogP contribution is 2.43. The van der Waals surface area contributed by atoms with Gasteiger partial charge in [-0.1, -0.05) is 54.2 Å². The van der Waals surface area contributed by atoms with Crippen LogP contribution in [0.15, 0.2) is 64.4 Å². The SMILES string of the molecule is C/C(=C1\Sc2ccccc2C1=O)c1ccccc1. The van der Waals surface area contributed by atoms with Crippen LogP contribution in [0, 0.1) is 0 Å². The zero-order chi connectivity index (χ0) is 12.5. The number of ketones is 1. The molecule has 1 aliphatic heterocycles. The van der Waals surface area contributed by atoms with Crippen molar-refractivity contribution < 1.29 is 4.79 Å². The van der Waals surface area contributed by atoms with E-state index in [-0.39, 0.29) is 5.78 Å². The van der Waals surface area contributed by atoms with Gasteiger partial charge in [-0.15, -0.1) is 0 Å². The number of carbonyl (C=O) groups is 1. The molecule has 0 radical (unpaired) electrons. The van der Waals surface area contributed by atoms with Crippen LogP contribution in [0.1, 0.15) is 22.8 Å². The molecular weight excluding hydrogens is 240 g/mol.